The normalized spacial score (nSPS) is 19.7. The SMILES string of the molecule is CCOC(=O)N1c2ccccc2[C@@H](N(Cc2cc(C(F)(F)F)cc(C(F)(F)F)c2)C(=O)OC)C[C@@]1(C)Cl. The van der Waals surface area contributed by atoms with Crippen LogP contribution in [0.2, 0.25) is 0 Å². The summed E-state index contributed by atoms with van der Waals surface area (Å²) >= 11 is 6.70. The summed E-state index contributed by atoms with van der Waals surface area (Å²) in [6, 6.07) is 6.45. The summed E-state index contributed by atoms with van der Waals surface area (Å²) < 4.78 is 90.3. The molecule has 1 aliphatic rings. The molecule has 0 fully saturated rings. The number of anilines is 1. The van der Waals surface area contributed by atoms with Gasteiger partial charge >= 0.3 is 24.5 Å². The van der Waals surface area contributed by atoms with Crippen LogP contribution in [0.4, 0.5) is 41.6 Å². The van der Waals surface area contributed by atoms with Gasteiger partial charge in [0, 0.05) is 13.0 Å². The lowest BCUT2D eigenvalue weighted by atomic mass is 9.90. The summed E-state index contributed by atoms with van der Waals surface area (Å²) in [4.78, 5) is 26.2. The predicted molar refractivity (Wildman–Crippen MR) is 122 cm³/mol. The lowest BCUT2D eigenvalue weighted by Gasteiger charge is -2.46. The molecule has 1 aliphatic heterocycles. The quantitative estimate of drug-likeness (QED) is 0.226. The standard InChI is InChI=1S/C24H23ClF6N2O4/c1-4-37-21(35)33-18-8-6-5-7-17(18)19(12-22(33,2)25)32(20(34)36-3)13-14-9-15(23(26,27)28)11-16(10-14)24(29,30)31/h5-11,19H,4,12-13H2,1-3H3/t19-,22-/m0/s1. The topological polar surface area (TPSA) is 59.1 Å². The van der Waals surface area contributed by atoms with Crippen LogP contribution in [-0.4, -0.2) is 35.8 Å². The third-order valence-electron chi connectivity index (χ3n) is 5.80. The fourth-order valence-electron chi connectivity index (χ4n) is 4.26. The molecular formula is C24H23ClF6N2O4. The van der Waals surface area contributed by atoms with E-state index in [1.165, 1.54) is 11.8 Å². The molecule has 3 rings (SSSR count). The molecule has 0 spiro atoms. The zero-order valence-electron chi connectivity index (χ0n) is 19.9. The van der Waals surface area contributed by atoms with Crippen molar-refractivity contribution < 1.29 is 45.4 Å². The van der Waals surface area contributed by atoms with Crippen molar-refractivity contribution in [3.8, 4) is 0 Å². The van der Waals surface area contributed by atoms with Gasteiger partial charge in [-0.2, -0.15) is 26.3 Å². The van der Waals surface area contributed by atoms with Crippen LogP contribution < -0.4 is 4.90 Å². The number of carbonyl (C=O) groups is 2. The van der Waals surface area contributed by atoms with E-state index in [0.29, 0.717) is 17.7 Å². The van der Waals surface area contributed by atoms with Gasteiger partial charge in [-0.15, -0.1) is 0 Å². The minimum atomic E-state index is -5.06. The van der Waals surface area contributed by atoms with Crippen LogP contribution in [0.15, 0.2) is 42.5 Å². The second-order valence-electron chi connectivity index (χ2n) is 8.47. The van der Waals surface area contributed by atoms with E-state index in [0.717, 1.165) is 12.0 Å². The molecule has 0 N–H and O–H groups in total. The van der Waals surface area contributed by atoms with Crippen molar-refractivity contribution in [2.75, 3.05) is 18.6 Å². The number of fused-ring (bicyclic) bond motifs is 1. The molecule has 2 atom stereocenters. The molecule has 0 aromatic heterocycles. The highest BCUT2D eigenvalue weighted by Gasteiger charge is 2.47. The molecule has 6 nitrogen and oxygen atoms in total. The Morgan fingerprint density at radius 3 is 2.16 bits per heavy atom. The molecule has 0 unspecified atom stereocenters. The molecular weight excluding hydrogens is 530 g/mol. The fourth-order valence-corrected chi connectivity index (χ4v) is 4.57. The van der Waals surface area contributed by atoms with Gasteiger partial charge in [-0.3, -0.25) is 9.80 Å². The van der Waals surface area contributed by atoms with E-state index in [4.69, 9.17) is 21.1 Å². The number of hydrogen-bond acceptors (Lipinski definition) is 4. The average Bonchev–Trinajstić information content (AvgIpc) is 2.80. The molecule has 2 aromatic rings. The van der Waals surface area contributed by atoms with Crippen LogP contribution >= 0.6 is 11.6 Å². The Bertz CT molecular complexity index is 1140. The van der Waals surface area contributed by atoms with Gasteiger partial charge in [-0.1, -0.05) is 29.8 Å². The van der Waals surface area contributed by atoms with E-state index in [-0.39, 0.29) is 24.8 Å². The third kappa shape index (κ3) is 6.06. The molecule has 2 aromatic carbocycles. The summed E-state index contributed by atoms with van der Waals surface area (Å²) in [6.45, 7) is 2.48. The zero-order valence-corrected chi connectivity index (χ0v) is 20.7. The summed E-state index contributed by atoms with van der Waals surface area (Å²) in [5.74, 6) is 0. The van der Waals surface area contributed by atoms with Crippen LogP contribution in [-0.2, 0) is 28.4 Å². The van der Waals surface area contributed by atoms with Crippen LogP contribution in [0.25, 0.3) is 0 Å². The Hall–Kier alpha value is -3.15. The van der Waals surface area contributed by atoms with Crippen molar-refractivity contribution in [2.24, 2.45) is 0 Å². The number of halogens is 7. The monoisotopic (exact) mass is 552 g/mol. The van der Waals surface area contributed by atoms with Crippen molar-refractivity contribution in [1.29, 1.82) is 0 Å². The first-order chi connectivity index (χ1) is 17.1. The number of nitrogens with zero attached hydrogens (tertiary/aromatic N) is 2. The number of alkyl halides is 7. The zero-order chi connectivity index (χ0) is 27.8. The Kier molecular flexibility index (Phi) is 7.92. The lowest BCUT2D eigenvalue weighted by molar-refractivity contribution is -0.143. The molecule has 0 radical (unpaired) electrons. The van der Waals surface area contributed by atoms with Gasteiger partial charge in [0.15, 0.2) is 0 Å². The number of para-hydroxylation sites is 1. The number of hydrogen-bond donors (Lipinski definition) is 0. The van der Waals surface area contributed by atoms with Gasteiger partial charge in [0.05, 0.1) is 36.6 Å². The maximum Gasteiger partial charge on any atom is 0.416 e. The van der Waals surface area contributed by atoms with Crippen molar-refractivity contribution in [3.05, 3.63) is 64.7 Å². The lowest BCUT2D eigenvalue weighted by Crippen LogP contribution is -2.53. The maximum atomic E-state index is 13.4. The largest absolute Gasteiger partial charge is 0.453 e. The first-order valence-electron chi connectivity index (χ1n) is 11.0. The molecule has 0 saturated heterocycles. The van der Waals surface area contributed by atoms with E-state index >= 15 is 0 Å². The average molecular weight is 553 g/mol. The molecule has 37 heavy (non-hydrogen) atoms. The maximum absolute atomic E-state index is 13.4. The Balaban J connectivity index is 2.13. The van der Waals surface area contributed by atoms with Crippen molar-refractivity contribution in [3.63, 3.8) is 0 Å². The Labute approximate surface area is 213 Å². The Morgan fingerprint density at radius 1 is 1.08 bits per heavy atom. The van der Waals surface area contributed by atoms with Crippen molar-refractivity contribution in [2.45, 2.75) is 50.2 Å². The van der Waals surface area contributed by atoms with Crippen LogP contribution in [0.3, 0.4) is 0 Å². The smallest absolute Gasteiger partial charge is 0.416 e. The molecule has 202 valence electrons. The van der Waals surface area contributed by atoms with Gasteiger partial charge in [0.2, 0.25) is 0 Å². The molecule has 0 bridgehead atoms. The number of rotatable bonds is 4. The molecule has 0 aliphatic carbocycles. The third-order valence-corrected chi connectivity index (χ3v) is 6.13. The molecule has 1 heterocycles. The van der Waals surface area contributed by atoms with Crippen molar-refractivity contribution in [1.82, 2.24) is 4.90 Å². The van der Waals surface area contributed by atoms with E-state index in [2.05, 4.69) is 0 Å². The highest BCUT2D eigenvalue weighted by molar-refractivity contribution is 6.27. The molecule has 0 saturated carbocycles. The number of amides is 2. The minimum Gasteiger partial charge on any atom is -0.453 e. The van der Waals surface area contributed by atoms with Crippen LogP contribution in [0.5, 0.6) is 0 Å². The second kappa shape index (κ2) is 10.3. The van der Waals surface area contributed by atoms with E-state index in [1.54, 1.807) is 31.2 Å². The van der Waals surface area contributed by atoms with E-state index in [9.17, 15) is 35.9 Å². The summed E-state index contributed by atoms with van der Waals surface area (Å²) in [6.07, 6.45) is -12.0. The summed E-state index contributed by atoms with van der Waals surface area (Å²) in [5, 5.41) is 0. The summed E-state index contributed by atoms with van der Waals surface area (Å²) in [5.41, 5.74) is -2.80. The second-order valence-corrected chi connectivity index (χ2v) is 9.28. The highest BCUT2D eigenvalue weighted by atomic mass is 35.5. The summed E-state index contributed by atoms with van der Waals surface area (Å²) in [7, 11) is 1.03. The Morgan fingerprint density at radius 2 is 1.65 bits per heavy atom. The first kappa shape index (κ1) is 28.4. The van der Waals surface area contributed by atoms with E-state index < -0.39 is 58.8 Å². The minimum absolute atomic E-state index is 0.00887. The van der Waals surface area contributed by atoms with Gasteiger partial charge in [-0.05, 0) is 49.2 Å². The molecule has 13 heteroatoms. The van der Waals surface area contributed by atoms with Gasteiger partial charge in [-0.25, -0.2) is 9.59 Å². The number of carbonyl (C=O) groups excluding carboxylic acids is 2. The van der Waals surface area contributed by atoms with Gasteiger partial charge < -0.3 is 9.47 Å². The van der Waals surface area contributed by atoms with Gasteiger partial charge in [0.25, 0.3) is 0 Å². The van der Waals surface area contributed by atoms with E-state index in [1.807, 2.05) is 0 Å². The van der Waals surface area contributed by atoms with Crippen molar-refractivity contribution >= 4 is 29.5 Å². The number of ether oxygens (including phenoxy) is 2. The van der Waals surface area contributed by atoms with Gasteiger partial charge in [0.1, 0.15) is 5.00 Å². The van der Waals surface area contributed by atoms with Crippen LogP contribution in [0, 0.1) is 0 Å². The highest BCUT2D eigenvalue weighted by Crippen LogP contribution is 2.48. The van der Waals surface area contributed by atoms with Crippen LogP contribution in [0.1, 0.15) is 48.6 Å². The number of benzene rings is 2. The fraction of sp³-hybridized carbons (Fsp3) is 0.417. The predicted octanol–water partition coefficient (Wildman–Crippen LogP) is 7.36. The molecule has 2 amide bonds. The first-order valence-corrected chi connectivity index (χ1v) is 11.4. The number of methoxy groups -OCH3 is 1.